The maximum absolute atomic E-state index is 13.9. The Balaban J connectivity index is 1.81. The smallest absolute Gasteiger partial charge is 0.315 e. The lowest BCUT2D eigenvalue weighted by molar-refractivity contribution is -0.143. The highest BCUT2D eigenvalue weighted by atomic mass is 16.2. The number of urea groups is 1. The lowest BCUT2D eigenvalue weighted by atomic mass is 9.80. The molecule has 12 nitrogen and oxygen atoms in total. The largest absolute Gasteiger partial charge is 0.363 e. The SMILES string of the molecule is C=CC(=O)NCC[C@H](NC(=O)NC(C)(C)C)C(=O)N1CC2[C@@H]([C@H]1C(=O)NC(CC1CCC1)C(=O)C(N)=O)C2(C)C. The lowest BCUT2D eigenvalue weighted by Crippen LogP contribution is -2.60. The first-order valence-corrected chi connectivity index (χ1v) is 14.0. The molecule has 2 saturated carbocycles. The van der Waals surface area contributed by atoms with Crippen LogP contribution in [0, 0.1) is 23.2 Å². The van der Waals surface area contributed by atoms with Crippen molar-refractivity contribution in [3.8, 4) is 0 Å². The van der Waals surface area contributed by atoms with E-state index in [1.165, 1.54) is 4.90 Å². The van der Waals surface area contributed by atoms with Gasteiger partial charge in [-0.2, -0.15) is 0 Å². The summed E-state index contributed by atoms with van der Waals surface area (Å²) in [5, 5.41) is 10.8. The van der Waals surface area contributed by atoms with Crippen molar-refractivity contribution >= 4 is 35.4 Å². The van der Waals surface area contributed by atoms with Gasteiger partial charge in [0, 0.05) is 18.6 Å². The quantitative estimate of drug-likeness (QED) is 0.170. The molecule has 222 valence electrons. The summed E-state index contributed by atoms with van der Waals surface area (Å²) in [6.45, 7) is 13.3. The molecule has 0 bridgehead atoms. The Morgan fingerprint density at radius 1 is 1.07 bits per heavy atom. The van der Waals surface area contributed by atoms with E-state index in [1.54, 1.807) is 20.8 Å². The van der Waals surface area contributed by atoms with E-state index in [1.807, 2.05) is 13.8 Å². The molecule has 12 heteroatoms. The molecule has 6 amide bonds. The molecule has 40 heavy (non-hydrogen) atoms. The van der Waals surface area contributed by atoms with Crippen LogP contribution in [0.1, 0.15) is 66.7 Å². The molecule has 1 heterocycles. The third-order valence-electron chi connectivity index (χ3n) is 8.44. The second-order valence-corrected chi connectivity index (χ2v) is 12.9. The number of primary amides is 1. The maximum atomic E-state index is 13.9. The number of carbonyl (C=O) groups excluding carboxylic acids is 6. The van der Waals surface area contributed by atoms with Crippen LogP contribution in [0.15, 0.2) is 12.7 Å². The lowest BCUT2D eigenvalue weighted by Gasteiger charge is -2.35. The Morgan fingerprint density at radius 2 is 1.73 bits per heavy atom. The van der Waals surface area contributed by atoms with Crippen molar-refractivity contribution in [2.75, 3.05) is 13.1 Å². The van der Waals surface area contributed by atoms with E-state index >= 15 is 0 Å². The predicted molar refractivity (Wildman–Crippen MR) is 147 cm³/mol. The van der Waals surface area contributed by atoms with Gasteiger partial charge in [0.1, 0.15) is 12.1 Å². The van der Waals surface area contributed by atoms with Gasteiger partial charge in [-0.1, -0.05) is 39.7 Å². The van der Waals surface area contributed by atoms with Crippen molar-refractivity contribution in [1.29, 1.82) is 0 Å². The number of hydrogen-bond donors (Lipinski definition) is 5. The first-order valence-electron chi connectivity index (χ1n) is 14.0. The predicted octanol–water partition coefficient (Wildman–Crippen LogP) is 0.357. The van der Waals surface area contributed by atoms with Crippen LogP contribution in [0.5, 0.6) is 0 Å². The Kier molecular flexibility index (Phi) is 9.31. The number of ketones is 1. The molecule has 0 aromatic heterocycles. The number of nitrogens with one attached hydrogen (secondary N) is 4. The van der Waals surface area contributed by atoms with E-state index in [-0.39, 0.29) is 36.1 Å². The molecule has 1 aliphatic heterocycles. The number of hydrogen-bond acceptors (Lipinski definition) is 6. The van der Waals surface area contributed by atoms with Gasteiger partial charge in [0.05, 0.1) is 6.04 Å². The molecule has 1 saturated heterocycles. The minimum Gasteiger partial charge on any atom is -0.363 e. The maximum Gasteiger partial charge on any atom is 0.315 e. The minimum atomic E-state index is -1.11. The fourth-order valence-corrected chi connectivity index (χ4v) is 5.94. The Hall–Kier alpha value is -3.44. The first-order chi connectivity index (χ1) is 18.6. The summed E-state index contributed by atoms with van der Waals surface area (Å²) in [6.07, 6.45) is 4.38. The normalized spacial score (nSPS) is 24.4. The standard InChI is InChI=1S/C28H44N6O6/c1-7-19(35)30-12-11-17(32-26(40)33-27(2,3)4)25(39)34-14-16-20(28(16,5)6)21(34)24(38)31-18(22(36)23(29)37)13-15-9-8-10-15/h7,15-18,20-21H,1,8-14H2,2-6H3,(H2,29,37)(H,30,35)(H,31,38)(H2,32,33,40)/t16?,17-,18?,20-,21-/m0/s1. The summed E-state index contributed by atoms with van der Waals surface area (Å²) in [6, 6.07) is -3.51. The van der Waals surface area contributed by atoms with E-state index in [9.17, 15) is 28.8 Å². The van der Waals surface area contributed by atoms with Gasteiger partial charge in [-0.15, -0.1) is 0 Å². The second-order valence-electron chi connectivity index (χ2n) is 12.9. The molecule has 5 atom stereocenters. The first kappa shape index (κ1) is 31.1. The summed E-state index contributed by atoms with van der Waals surface area (Å²) in [5.74, 6) is -3.20. The Morgan fingerprint density at radius 3 is 2.25 bits per heavy atom. The molecule has 6 N–H and O–H groups in total. The molecule has 0 aromatic carbocycles. The molecule has 0 radical (unpaired) electrons. The van der Waals surface area contributed by atoms with Crippen LogP contribution in [-0.2, 0) is 24.0 Å². The number of nitrogens with two attached hydrogens (primary N) is 1. The van der Waals surface area contributed by atoms with Gasteiger partial charge in [0.15, 0.2) is 0 Å². The molecule has 0 aromatic rings. The van der Waals surface area contributed by atoms with E-state index in [0.717, 1.165) is 25.3 Å². The van der Waals surface area contributed by atoms with Gasteiger partial charge >= 0.3 is 6.03 Å². The highest BCUT2D eigenvalue weighted by molar-refractivity contribution is 6.37. The summed E-state index contributed by atoms with van der Waals surface area (Å²) in [4.78, 5) is 77.7. The molecule has 2 aliphatic carbocycles. The van der Waals surface area contributed by atoms with Gasteiger partial charge in [-0.3, -0.25) is 24.0 Å². The Bertz CT molecular complexity index is 1060. The average molecular weight is 561 g/mol. The molecule has 3 rings (SSSR count). The van der Waals surface area contributed by atoms with Crippen LogP contribution in [-0.4, -0.2) is 77.1 Å². The van der Waals surface area contributed by atoms with Crippen molar-refractivity contribution in [2.24, 2.45) is 28.9 Å². The fraction of sp³-hybridized carbons (Fsp3) is 0.714. The zero-order valence-electron chi connectivity index (χ0n) is 24.2. The van der Waals surface area contributed by atoms with Crippen LogP contribution in [0.4, 0.5) is 4.79 Å². The number of nitrogens with zero attached hydrogens (tertiary/aromatic N) is 1. The average Bonchev–Trinajstić information content (AvgIpc) is 3.15. The highest BCUT2D eigenvalue weighted by Crippen LogP contribution is 2.65. The summed E-state index contributed by atoms with van der Waals surface area (Å²) < 4.78 is 0. The van der Waals surface area contributed by atoms with E-state index in [4.69, 9.17) is 5.73 Å². The molecule has 2 unspecified atom stereocenters. The zero-order chi connectivity index (χ0) is 30.0. The van der Waals surface area contributed by atoms with Crippen molar-refractivity contribution < 1.29 is 28.8 Å². The number of likely N-dealkylation sites (tertiary alicyclic amines) is 1. The van der Waals surface area contributed by atoms with Crippen LogP contribution in [0.25, 0.3) is 0 Å². The number of fused-ring (bicyclic) bond motifs is 1. The van der Waals surface area contributed by atoms with Crippen LogP contribution in [0.3, 0.4) is 0 Å². The Labute approximate surface area is 235 Å². The fourth-order valence-electron chi connectivity index (χ4n) is 5.94. The summed E-state index contributed by atoms with van der Waals surface area (Å²) >= 11 is 0. The van der Waals surface area contributed by atoms with Crippen molar-refractivity contribution in [3.63, 3.8) is 0 Å². The van der Waals surface area contributed by atoms with Gasteiger partial charge in [0.2, 0.25) is 23.5 Å². The van der Waals surface area contributed by atoms with Gasteiger partial charge in [0.25, 0.3) is 5.91 Å². The molecular formula is C28H44N6O6. The monoisotopic (exact) mass is 560 g/mol. The van der Waals surface area contributed by atoms with Gasteiger partial charge in [-0.05, 0) is 62.9 Å². The minimum absolute atomic E-state index is 0.0636. The number of Topliss-reactive ketones (excluding diaryl/α,β-unsaturated/α-hetero) is 1. The molecule has 0 spiro atoms. The van der Waals surface area contributed by atoms with Crippen molar-refractivity contribution in [1.82, 2.24) is 26.2 Å². The van der Waals surface area contributed by atoms with Gasteiger partial charge < -0.3 is 31.9 Å². The summed E-state index contributed by atoms with van der Waals surface area (Å²) in [5.41, 5.74) is 4.53. The topological polar surface area (TPSA) is 180 Å². The third-order valence-corrected chi connectivity index (χ3v) is 8.44. The van der Waals surface area contributed by atoms with Crippen LogP contribution in [0.2, 0.25) is 0 Å². The van der Waals surface area contributed by atoms with Crippen molar-refractivity contribution in [3.05, 3.63) is 12.7 Å². The molecule has 3 aliphatic rings. The van der Waals surface area contributed by atoms with E-state index < -0.39 is 59.1 Å². The van der Waals surface area contributed by atoms with Crippen molar-refractivity contribution in [2.45, 2.75) is 90.4 Å². The number of amides is 6. The summed E-state index contributed by atoms with van der Waals surface area (Å²) in [7, 11) is 0. The molecular weight excluding hydrogens is 516 g/mol. The van der Waals surface area contributed by atoms with E-state index in [2.05, 4.69) is 27.8 Å². The molecule has 3 fully saturated rings. The second kappa shape index (κ2) is 12.0. The number of piperidine rings is 1. The third kappa shape index (κ3) is 7.19. The van der Waals surface area contributed by atoms with Gasteiger partial charge in [-0.25, -0.2) is 4.79 Å². The number of rotatable bonds is 12. The van der Waals surface area contributed by atoms with E-state index in [0.29, 0.717) is 13.0 Å². The number of carbonyl (C=O) groups is 6. The van der Waals surface area contributed by atoms with Crippen LogP contribution >= 0.6 is 0 Å². The zero-order valence-corrected chi connectivity index (χ0v) is 24.2. The highest BCUT2D eigenvalue weighted by Gasteiger charge is 2.69. The van der Waals surface area contributed by atoms with Crippen LogP contribution < -0.4 is 27.0 Å².